The second-order valence-corrected chi connectivity index (χ2v) is 5.65. The van der Waals surface area contributed by atoms with E-state index in [2.05, 4.69) is 10.3 Å². The summed E-state index contributed by atoms with van der Waals surface area (Å²) in [6, 6.07) is 15.6. The second-order valence-electron chi connectivity index (χ2n) is 5.65. The molecule has 0 unspecified atom stereocenters. The number of ether oxygens (including phenoxy) is 3. The minimum Gasteiger partial charge on any atom is -0.494 e. The Bertz CT molecular complexity index is 690. The van der Waals surface area contributed by atoms with E-state index in [0.717, 1.165) is 35.7 Å². The van der Waals surface area contributed by atoms with Gasteiger partial charge < -0.3 is 25.3 Å². The molecule has 0 saturated carbocycles. The van der Waals surface area contributed by atoms with Crippen LogP contribution in [0.5, 0.6) is 17.2 Å². The van der Waals surface area contributed by atoms with E-state index in [0.29, 0.717) is 25.7 Å². The van der Waals surface area contributed by atoms with Gasteiger partial charge in [-0.15, -0.1) is 0 Å². The van der Waals surface area contributed by atoms with Crippen molar-refractivity contribution in [2.24, 2.45) is 10.7 Å². The van der Waals surface area contributed by atoms with Gasteiger partial charge in [0, 0.05) is 19.5 Å². The van der Waals surface area contributed by atoms with Crippen molar-refractivity contribution in [2.45, 2.75) is 12.8 Å². The van der Waals surface area contributed by atoms with E-state index in [9.17, 15) is 0 Å². The molecule has 0 aromatic heterocycles. The minimum absolute atomic E-state index is 0.449. The van der Waals surface area contributed by atoms with E-state index >= 15 is 0 Å². The third kappa shape index (κ3) is 6.55. The fourth-order valence-corrected chi connectivity index (χ4v) is 2.40. The lowest BCUT2D eigenvalue weighted by molar-refractivity contribution is 0.313. The Morgan fingerprint density at radius 1 is 1.04 bits per heavy atom. The fraction of sp³-hybridized carbons (Fsp3) is 0.350. The molecule has 2 aromatic rings. The van der Waals surface area contributed by atoms with E-state index in [1.165, 1.54) is 0 Å². The normalized spacial score (nSPS) is 11.1. The molecule has 2 aromatic carbocycles. The first kappa shape index (κ1) is 19.4. The van der Waals surface area contributed by atoms with E-state index in [-0.39, 0.29) is 0 Å². The van der Waals surface area contributed by atoms with Gasteiger partial charge in [0.1, 0.15) is 5.75 Å². The van der Waals surface area contributed by atoms with Crippen LogP contribution in [0.2, 0.25) is 0 Å². The summed E-state index contributed by atoms with van der Waals surface area (Å²) in [6.45, 7) is 1.94. The third-order valence-corrected chi connectivity index (χ3v) is 3.76. The Labute approximate surface area is 155 Å². The van der Waals surface area contributed by atoms with Gasteiger partial charge in [-0.3, -0.25) is 4.99 Å². The van der Waals surface area contributed by atoms with Gasteiger partial charge >= 0.3 is 0 Å². The Balaban J connectivity index is 1.65. The van der Waals surface area contributed by atoms with Crippen LogP contribution in [0.25, 0.3) is 0 Å². The number of rotatable bonds is 10. The molecule has 3 N–H and O–H groups in total. The standard InChI is InChI=1S/C20H27N3O3/c1-24-18-10-9-16(15-19(18)25-2)11-13-23-20(21)22-12-6-14-26-17-7-4-3-5-8-17/h3-5,7-10,15H,6,11-14H2,1-2H3,(H3,21,22,23). The predicted molar refractivity (Wildman–Crippen MR) is 104 cm³/mol. The number of benzene rings is 2. The number of nitrogens with two attached hydrogens (primary N) is 1. The molecule has 26 heavy (non-hydrogen) atoms. The highest BCUT2D eigenvalue weighted by atomic mass is 16.5. The van der Waals surface area contributed by atoms with Crippen LogP contribution in [0.3, 0.4) is 0 Å². The number of para-hydroxylation sites is 1. The SMILES string of the molecule is COc1ccc(CCNC(N)=NCCCOc2ccccc2)cc1OC. The van der Waals surface area contributed by atoms with Gasteiger partial charge in [-0.25, -0.2) is 0 Å². The first-order chi connectivity index (χ1) is 12.7. The van der Waals surface area contributed by atoms with Crippen molar-refractivity contribution in [3.63, 3.8) is 0 Å². The van der Waals surface area contributed by atoms with E-state index in [1.54, 1.807) is 14.2 Å². The molecule has 2 rings (SSSR count). The number of nitrogens with zero attached hydrogens (tertiary/aromatic N) is 1. The van der Waals surface area contributed by atoms with Crippen LogP contribution in [0.4, 0.5) is 0 Å². The molecule has 0 aliphatic carbocycles. The molecular weight excluding hydrogens is 330 g/mol. The number of guanidine groups is 1. The summed E-state index contributed by atoms with van der Waals surface area (Å²) in [5, 5.41) is 3.12. The molecule has 0 atom stereocenters. The molecule has 0 saturated heterocycles. The lowest BCUT2D eigenvalue weighted by atomic mass is 10.1. The lowest BCUT2D eigenvalue weighted by Gasteiger charge is -2.10. The molecule has 6 heteroatoms. The average Bonchev–Trinajstić information content (AvgIpc) is 2.68. The van der Waals surface area contributed by atoms with E-state index < -0.39 is 0 Å². The molecule has 0 radical (unpaired) electrons. The van der Waals surface area contributed by atoms with Gasteiger partial charge in [-0.05, 0) is 36.2 Å². The summed E-state index contributed by atoms with van der Waals surface area (Å²) >= 11 is 0. The molecule has 0 amide bonds. The Morgan fingerprint density at radius 2 is 1.81 bits per heavy atom. The Hall–Kier alpha value is -2.89. The van der Waals surface area contributed by atoms with Gasteiger partial charge in [0.25, 0.3) is 0 Å². The summed E-state index contributed by atoms with van der Waals surface area (Å²) in [7, 11) is 3.26. The van der Waals surface area contributed by atoms with Gasteiger partial charge in [-0.1, -0.05) is 24.3 Å². The van der Waals surface area contributed by atoms with Crippen LogP contribution < -0.4 is 25.3 Å². The van der Waals surface area contributed by atoms with Crippen molar-refractivity contribution in [1.82, 2.24) is 5.32 Å². The maximum Gasteiger partial charge on any atom is 0.188 e. The zero-order valence-electron chi connectivity index (χ0n) is 15.4. The van der Waals surface area contributed by atoms with Crippen molar-refractivity contribution in [3.8, 4) is 17.2 Å². The minimum atomic E-state index is 0.449. The first-order valence-corrected chi connectivity index (χ1v) is 8.65. The lowest BCUT2D eigenvalue weighted by Crippen LogP contribution is -2.33. The molecule has 0 fully saturated rings. The molecule has 0 aliphatic rings. The van der Waals surface area contributed by atoms with Gasteiger partial charge in [0.2, 0.25) is 0 Å². The van der Waals surface area contributed by atoms with Gasteiger partial charge in [0.05, 0.1) is 20.8 Å². The van der Waals surface area contributed by atoms with Crippen LogP contribution in [0.15, 0.2) is 53.5 Å². The highest BCUT2D eigenvalue weighted by molar-refractivity contribution is 5.77. The predicted octanol–water partition coefficient (Wildman–Crippen LogP) is 2.62. The molecule has 0 heterocycles. The molecule has 140 valence electrons. The van der Waals surface area contributed by atoms with Crippen LogP contribution in [-0.2, 0) is 6.42 Å². The number of aliphatic imine (C=N–C) groups is 1. The van der Waals surface area contributed by atoms with Crippen molar-refractivity contribution in [2.75, 3.05) is 33.9 Å². The maximum atomic E-state index is 5.89. The third-order valence-electron chi connectivity index (χ3n) is 3.76. The number of hydrogen-bond donors (Lipinski definition) is 2. The highest BCUT2D eigenvalue weighted by Gasteiger charge is 2.04. The molecule has 0 spiro atoms. The summed E-state index contributed by atoms with van der Waals surface area (Å²) in [5.41, 5.74) is 7.02. The average molecular weight is 357 g/mol. The molecule has 6 nitrogen and oxygen atoms in total. The molecule has 0 bridgehead atoms. The van der Waals surface area contributed by atoms with Crippen molar-refractivity contribution >= 4 is 5.96 Å². The monoisotopic (exact) mass is 357 g/mol. The van der Waals surface area contributed by atoms with Gasteiger partial charge in [-0.2, -0.15) is 0 Å². The van der Waals surface area contributed by atoms with Crippen LogP contribution in [0, 0.1) is 0 Å². The topological polar surface area (TPSA) is 78.1 Å². The van der Waals surface area contributed by atoms with Crippen LogP contribution in [-0.4, -0.2) is 39.9 Å². The fourth-order valence-electron chi connectivity index (χ4n) is 2.40. The summed E-state index contributed by atoms with van der Waals surface area (Å²) in [6.07, 6.45) is 1.63. The zero-order valence-corrected chi connectivity index (χ0v) is 15.4. The smallest absolute Gasteiger partial charge is 0.188 e. The summed E-state index contributed by atoms with van der Waals surface area (Å²) < 4.78 is 16.2. The molecule has 0 aliphatic heterocycles. The first-order valence-electron chi connectivity index (χ1n) is 8.65. The van der Waals surface area contributed by atoms with Crippen LogP contribution >= 0.6 is 0 Å². The largest absolute Gasteiger partial charge is 0.494 e. The zero-order chi connectivity index (χ0) is 18.6. The van der Waals surface area contributed by atoms with Crippen molar-refractivity contribution in [3.05, 3.63) is 54.1 Å². The number of methoxy groups -OCH3 is 2. The van der Waals surface area contributed by atoms with Crippen molar-refractivity contribution in [1.29, 1.82) is 0 Å². The van der Waals surface area contributed by atoms with Crippen LogP contribution in [0.1, 0.15) is 12.0 Å². The Kier molecular flexibility index (Phi) is 8.12. The van der Waals surface area contributed by atoms with Crippen molar-refractivity contribution < 1.29 is 14.2 Å². The second kappa shape index (κ2) is 10.9. The number of hydrogen-bond acceptors (Lipinski definition) is 4. The maximum absolute atomic E-state index is 5.89. The summed E-state index contributed by atoms with van der Waals surface area (Å²) in [5.74, 6) is 2.77. The number of nitrogens with one attached hydrogen (secondary N) is 1. The Morgan fingerprint density at radius 3 is 2.54 bits per heavy atom. The molecular formula is C20H27N3O3. The quantitative estimate of drug-likeness (QED) is 0.388. The summed E-state index contributed by atoms with van der Waals surface area (Å²) in [4.78, 5) is 4.31. The highest BCUT2D eigenvalue weighted by Crippen LogP contribution is 2.27. The van der Waals surface area contributed by atoms with E-state index in [1.807, 2.05) is 48.5 Å². The van der Waals surface area contributed by atoms with Gasteiger partial charge in [0.15, 0.2) is 17.5 Å². The van der Waals surface area contributed by atoms with E-state index in [4.69, 9.17) is 19.9 Å².